The van der Waals surface area contributed by atoms with Crippen molar-refractivity contribution in [2.24, 2.45) is 0 Å². The fraction of sp³-hybridized carbons (Fsp3) is 0.235. The molecule has 1 amide bonds. The molecule has 1 unspecified atom stereocenters. The van der Waals surface area contributed by atoms with E-state index in [1.165, 1.54) is 36.4 Å². The number of carbonyl (C=O) groups is 1. The molecular weight excluding hydrogens is 331 g/mol. The van der Waals surface area contributed by atoms with Crippen molar-refractivity contribution < 1.29 is 24.0 Å². The van der Waals surface area contributed by atoms with Crippen molar-refractivity contribution in [2.75, 3.05) is 13.2 Å². The van der Waals surface area contributed by atoms with Crippen LogP contribution in [0.15, 0.2) is 42.5 Å². The van der Waals surface area contributed by atoms with Crippen molar-refractivity contribution >= 4 is 11.6 Å². The molecule has 0 bridgehead atoms. The summed E-state index contributed by atoms with van der Waals surface area (Å²) in [4.78, 5) is 22.9. The first-order valence-electron chi connectivity index (χ1n) is 7.56. The number of nitrogens with one attached hydrogen (secondary N) is 1. The van der Waals surface area contributed by atoms with Gasteiger partial charge in [-0.05, 0) is 30.7 Å². The molecule has 8 heteroatoms. The van der Waals surface area contributed by atoms with Crippen molar-refractivity contribution in [2.45, 2.75) is 13.0 Å². The molecule has 2 aromatic carbocycles. The highest BCUT2D eigenvalue weighted by molar-refractivity contribution is 6.00. The minimum absolute atomic E-state index is 0.0782. The van der Waals surface area contributed by atoms with E-state index >= 15 is 0 Å². The summed E-state index contributed by atoms with van der Waals surface area (Å²) in [5, 5.41) is 23.6. The van der Waals surface area contributed by atoms with Gasteiger partial charge >= 0.3 is 0 Å². The van der Waals surface area contributed by atoms with E-state index in [1.807, 2.05) is 0 Å². The molecule has 0 aliphatic heterocycles. The van der Waals surface area contributed by atoms with E-state index in [0.29, 0.717) is 0 Å². The second-order valence-electron chi connectivity index (χ2n) is 5.12. The molecule has 0 fully saturated rings. The predicted molar refractivity (Wildman–Crippen MR) is 88.0 cm³/mol. The van der Waals surface area contributed by atoms with Gasteiger partial charge in [0.2, 0.25) is 0 Å². The van der Waals surface area contributed by atoms with Crippen LogP contribution in [0.4, 0.5) is 10.1 Å². The number of carbonyl (C=O) groups excluding carboxylic acids is 1. The molecule has 0 saturated heterocycles. The van der Waals surface area contributed by atoms with E-state index in [2.05, 4.69) is 5.32 Å². The number of nitro groups is 1. The monoisotopic (exact) mass is 348 g/mol. The van der Waals surface area contributed by atoms with Gasteiger partial charge in [0, 0.05) is 12.6 Å². The molecule has 0 saturated carbocycles. The molecule has 0 aliphatic carbocycles. The van der Waals surface area contributed by atoms with Gasteiger partial charge in [0.25, 0.3) is 11.6 Å². The van der Waals surface area contributed by atoms with Crippen LogP contribution in [-0.2, 0) is 0 Å². The Labute approximate surface area is 143 Å². The zero-order chi connectivity index (χ0) is 18.4. The Kier molecular flexibility index (Phi) is 6.02. The van der Waals surface area contributed by atoms with E-state index in [4.69, 9.17) is 4.74 Å². The van der Waals surface area contributed by atoms with Crippen molar-refractivity contribution in [3.8, 4) is 5.75 Å². The van der Waals surface area contributed by atoms with Crippen molar-refractivity contribution in [3.63, 3.8) is 0 Å². The number of aliphatic hydroxyl groups excluding tert-OH is 1. The minimum atomic E-state index is -1.15. The Morgan fingerprint density at radius 3 is 2.72 bits per heavy atom. The number of nitro benzene ring substituents is 1. The summed E-state index contributed by atoms with van der Waals surface area (Å²) in [6, 6.07) is 9.39. The number of aliphatic hydroxyl groups is 1. The third kappa shape index (κ3) is 4.51. The number of benzene rings is 2. The van der Waals surface area contributed by atoms with E-state index < -0.39 is 28.4 Å². The Morgan fingerprint density at radius 1 is 1.36 bits per heavy atom. The molecule has 0 spiro atoms. The molecule has 2 N–H and O–H groups in total. The Hall–Kier alpha value is -3.00. The second kappa shape index (κ2) is 8.20. The van der Waals surface area contributed by atoms with E-state index in [9.17, 15) is 24.4 Å². The fourth-order valence-electron chi connectivity index (χ4n) is 2.29. The van der Waals surface area contributed by atoms with Crippen LogP contribution in [0.2, 0.25) is 0 Å². The predicted octanol–water partition coefficient (Wildman–Crippen LogP) is 2.60. The number of hydrogen-bond acceptors (Lipinski definition) is 5. The summed E-state index contributed by atoms with van der Waals surface area (Å²) in [6.45, 7) is 1.68. The lowest BCUT2D eigenvalue weighted by Gasteiger charge is -2.14. The maximum atomic E-state index is 13.2. The topological polar surface area (TPSA) is 102 Å². The first-order chi connectivity index (χ1) is 11.9. The van der Waals surface area contributed by atoms with Gasteiger partial charge in [0.1, 0.15) is 11.6 Å². The first kappa shape index (κ1) is 18.3. The van der Waals surface area contributed by atoms with Gasteiger partial charge in [0.15, 0.2) is 5.56 Å². The van der Waals surface area contributed by atoms with Gasteiger partial charge in [-0.15, -0.1) is 0 Å². The molecule has 25 heavy (non-hydrogen) atoms. The van der Waals surface area contributed by atoms with Crippen LogP contribution in [0.5, 0.6) is 5.75 Å². The summed E-state index contributed by atoms with van der Waals surface area (Å²) < 4.78 is 18.5. The Morgan fingerprint density at radius 2 is 2.08 bits per heavy atom. The lowest BCUT2D eigenvalue weighted by Crippen LogP contribution is -2.29. The number of halogens is 1. The SMILES string of the molecule is CCOc1cccc([N+](=O)[O-])c1C(=O)NCC(O)c1cccc(F)c1. The van der Waals surface area contributed by atoms with Gasteiger partial charge in [0.05, 0.1) is 17.6 Å². The lowest BCUT2D eigenvalue weighted by atomic mass is 10.1. The highest BCUT2D eigenvalue weighted by atomic mass is 19.1. The van der Waals surface area contributed by atoms with Crippen LogP contribution in [0.1, 0.15) is 28.9 Å². The average Bonchev–Trinajstić information content (AvgIpc) is 2.59. The number of amides is 1. The summed E-state index contributed by atoms with van der Waals surface area (Å²) in [6.07, 6.45) is -1.15. The van der Waals surface area contributed by atoms with E-state index in [0.717, 1.165) is 6.07 Å². The molecule has 2 aromatic rings. The molecule has 0 aromatic heterocycles. The maximum Gasteiger partial charge on any atom is 0.285 e. The molecule has 0 heterocycles. The van der Waals surface area contributed by atoms with E-state index in [1.54, 1.807) is 6.92 Å². The van der Waals surface area contributed by atoms with Gasteiger partial charge in [-0.2, -0.15) is 0 Å². The van der Waals surface area contributed by atoms with Crippen LogP contribution < -0.4 is 10.1 Å². The van der Waals surface area contributed by atoms with Crippen molar-refractivity contribution in [3.05, 3.63) is 69.5 Å². The Balaban J connectivity index is 2.19. The van der Waals surface area contributed by atoms with Crippen LogP contribution in [0.3, 0.4) is 0 Å². The third-order valence-electron chi connectivity index (χ3n) is 3.42. The van der Waals surface area contributed by atoms with Crippen molar-refractivity contribution in [1.82, 2.24) is 5.32 Å². The highest BCUT2D eigenvalue weighted by Gasteiger charge is 2.25. The number of rotatable bonds is 7. The van der Waals surface area contributed by atoms with Gasteiger partial charge in [-0.3, -0.25) is 14.9 Å². The second-order valence-corrected chi connectivity index (χ2v) is 5.12. The quantitative estimate of drug-likeness (QED) is 0.591. The number of nitrogens with zero attached hydrogens (tertiary/aromatic N) is 1. The standard InChI is InChI=1S/C17H17FN2O5/c1-2-25-15-8-4-7-13(20(23)24)16(15)17(22)19-10-14(21)11-5-3-6-12(18)9-11/h3-9,14,21H,2,10H2,1H3,(H,19,22). The van der Waals surface area contributed by atoms with Gasteiger partial charge in [-0.1, -0.05) is 18.2 Å². The molecule has 7 nitrogen and oxygen atoms in total. The largest absolute Gasteiger partial charge is 0.493 e. The molecule has 0 radical (unpaired) electrons. The minimum Gasteiger partial charge on any atom is -0.493 e. The smallest absolute Gasteiger partial charge is 0.285 e. The maximum absolute atomic E-state index is 13.2. The molecular formula is C17H17FN2O5. The summed E-state index contributed by atoms with van der Waals surface area (Å²) >= 11 is 0. The van der Waals surface area contributed by atoms with Gasteiger partial charge < -0.3 is 15.2 Å². The van der Waals surface area contributed by atoms with Gasteiger partial charge in [-0.25, -0.2) is 4.39 Å². The average molecular weight is 348 g/mol. The van der Waals surface area contributed by atoms with Crippen molar-refractivity contribution in [1.29, 1.82) is 0 Å². The first-order valence-corrected chi connectivity index (χ1v) is 7.56. The van der Waals surface area contributed by atoms with Crippen LogP contribution in [0.25, 0.3) is 0 Å². The number of hydrogen-bond donors (Lipinski definition) is 2. The van der Waals surface area contributed by atoms with E-state index in [-0.39, 0.29) is 30.0 Å². The zero-order valence-corrected chi connectivity index (χ0v) is 13.4. The number of ether oxygens (including phenoxy) is 1. The third-order valence-corrected chi connectivity index (χ3v) is 3.42. The summed E-state index contributed by atoms with van der Waals surface area (Å²) in [5.74, 6) is -1.19. The molecule has 2 rings (SSSR count). The molecule has 1 atom stereocenters. The molecule has 132 valence electrons. The van der Waals surface area contributed by atoms with Crippen LogP contribution in [-0.4, -0.2) is 29.1 Å². The normalized spacial score (nSPS) is 11.6. The van der Waals surface area contributed by atoms with Crippen LogP contribution >= 0.6 is 0 Å². The summed E-state index contributed by atoms with van der Waals surface area (Å²) in [5.41, 5.74) is -0.336. The molecule has 0 aliphatic rings. The Bertz CT molecular complexity index is 781. The fourth-order valence-corrected chi connectivity index (χ4v) is 2.29. The summed E-state index contributed by atoms with van der Waals surface area (Å²) in [7, 11) is 0. The van der Waals surface area contributed by atoms with Crippen LogP contribution in [0, 0.1) is 15.9 Å². The highest BCUT2D eigenvalue weighted by Crippen LogP contribution is 2.28. The zero-order valence-electron chi connectivity index (χ0n) is 13.4. The lowest BCUT2D eigenvalue weighted by molar-refractivity contribution is -0.385.